The molecule has 0 aliphatic rings. The second-order valence-corrected chi connectivity index (χ2v) is 6.07. The van der Waals surface area contributed by atoms with Gasteiger partial charge in [0.05, 0.1) is 21.0 Å². The highest BCUT2D eigenvalue weighted by atomic mass is 79.9. The molecule has 94 valence electrons. The molecule has 1 amide bonds. The SMILES string of the molecule is CC(C)C(S)C(=O)Nc1ccc(Br)c(Cl)c1Cl. The number of thiol groups is 1. The van der Waals surface area contributed by atoms with E-state index in [9.17, 15) is 4.79 Å². The maximum absolute atomic E-state index is 11.8. The summed E-state index contributed by atoms with van der Waals surface area (Å²) in [5.41, 5.74) is 0.490. The van der Waals surface area contributed by atoms with Gasteiger partial charge in [-0.2, -0.15) is 12.6 Å². The van der Waals surface area contributed by atoms with Crippen LogP contribution in [0.4, 0.5) is 5.69 Å². The van der Waals surface area contributed by atoms with Crippen LogP contribution in [-0.4, -0.2) is 11.2 Å². The molecule has 1 rings (SSSR count). The zero-order valence-electron chi connectivity index (χ0n) is 9.30. The highest BCUT2D eigenvalue weighted by Crippen LogP contribution is 2.36. The van der Waals surface area contributed by atoms with Gasteiger partial charge >= 0.3 is 0 Å². The van der Waals surface area contributed by atoms with Gasteiger partial charge in [-0.3, -0.25) is 4.79 Å². The molecule has 0 aliphatic heterocycles. The predicted molar refractivity (Wildman–Crippen MR) is 80.4 cm³/mol. The number of rotatable bonds is 3. The van der Waals surface area contributed by atoms with E-state index in [1.165, 1.54) is 0 Å². The van der Waals surface area contributed by atoms with Gasteiger partial charge in [0.25, 0.3) is 0 Å². The molecule has 0 fully saturated rings. The lowest BCUT2D eigenvalue weighted by atomic mass is 10.1. The van der Waals surface area contributed by atoms with E-state index < -0.39 is 0 Å². The Morgan fingerprint density at radius 1 is 1.35 bits per heavy atom. The number of amides is 1. The minimum Gasteiger partial charge on any atom is -0.324 e. The van der Waals surface area contributed by atoms with E-state index in [1.807, 2.05) is 13.8 Å². The van der Waals surface area contributed by atoms with Gasteiger partial charge in [0, 0.05) is 4.47 Å². The highest BCUT2D eigenvalue weighted by molar-refractivity contribution is 9.10. The average molecular weight is 357 g/mol. The topological polar surface area (TPSA) is 29.1 Å². The molecule has 17 heavy (non-hydrogen) atoms. The van der Waals surface area contributed by atoms with Crippen molar-refractivity contribution in [3.63, 3.8) is 0 Å². The Bertz CT molecular complexity index is 440. The van der Waals surface area contributed by atoms with Crippen LogP contribution in [0.2, 0.25) is 10.0 Å². The van der Waals surface area contributed by atoms with Crippen molar-refractivity contribution in [3.8, 4) is 0 Å². The Balaban J connectivity index is 2.90. The Morgan fingerprint density at radius 2 is 1.94 bits per heavy atom. The standard InChI is InChI=1S/C11H12BrCl2NOS/c1-5(2)10(17)11(16)15-7-4-3-6(12)8(13)9(7)14/h3-5,10,17H,1-2H3,(H,15,16). The fourth-order valence-corrected chi connectivity index (χ4v) is 2.02. The molecule has 0 spiro atoms. The number of hydrogen-bond acceptors (Lipinski definition) is 2. The molecule has 0 aliphatic carbocycles. The van der Waals surface area contributed by atoms with Crippen LogP contribution in [-0.2, 0) is 4.79 Å². The van der Waals surface area contributed by atoms with E-state index >= 15 is 0 Å². The van der Waals surface area contributed by atoms with Crippen molar-refractivity contribution < 1.29 is 4.79 Å². The van der Waals surface area contributed by atoms with Crippen LogP contribution in [0.1, 0.15) is 13.8 Å². The predicted octanol–water partition coefficient (Wildman–Crippen LogP) is 4.65. The summed E-state index contributed by atoms with van der Waals surface area (Å²) >= 11 is 19.5. The van der Waals surface area contributed by atoms with Crippen molar-refractivity contribution in [2.45, 2.75) is 19.1 Å². The molecule has 1 atom stereocenters. The Hall–Kier alpha value is 0.1000. The number of benzene rings is 1. The van der Waals surface area contributed by atoms with Crippen LogP contribution in [0.3, 0.4) is 0 Å². The average Bonchev–Trinajstić information content (AvgIpc) is 2.28. The minimum atomic E-state index is -0.381. The van der Waals surface area contributed by atoms with Crippen molar-refractivity contribution in [1.82, 2.24) is 0 Å². The summed E-state index contributed by atoms with van der Waals surface area (Å²) < 4.78 is 0.688. The molecule has 2 nitrogen and oxygen atoms in total. The third-order valence-electron chi connectivity index (χ3n) is 2.19. The van der Waals surface area contributed by atoms with Gasteiger partial charge in [0.15, 0.2) is 0 Å². The molecule has 0 heterocycles. The molecule has 0 saturated heterocycles. The lowest BCUT2D eigenvalue weighted by Crippen LogP contribution is -2.27. The molecule has 0 aromatic heterocycles. The summed E-state index contributed by atoms with van der Waals surface area (Å²) in [6.45, 7) is 3.85. The Morgan fingerprint density at radius 3 is 2.47 bits per heavy atom. The second-order valence-electron chi connectivity index (χ2n) is 3.90. The first-order chi connectivity index (χ1) is 7.84. The van der Waals surface area contributed by atoms with Crippen LogP contribution in [0.5, 0.6) is 0 Å². The van der Waals surface area contributed by atoms with Gasteiger partial charge in [-0.25, -0.2) is 0 Å². The third kappa shape index (κ3) is 3.78. The number of halogens is 3. The van der Waals surface area contributed by atoms with Crippen LogP contribution < -0.4 is 5.32 Å². The van der Waals surface area contributed by atoms with E-state index in [0.29, 0.717) is 20.2 Å². The summed E-state index contributed by atoms with van der Waals surface area (Å²) in [6.07, 6.45) is 0. The first kappa shape index (κ1) is 15.2. The van der Waals surface area contributed by atoms with E-state index in [4.69, 9.17) is 23.2 Å². The molecule has 0 radical (unpaired) electrons. The Labute approximate surface area is 125 Å². The number of carbonyl (C=O) groups is 1. The van der Waals surface area contributed by atoms with Crippen molar-refractivity contribution in [1.29, 1.82) is 0 Å². The quantitative estimate of drug-likeness (QED) is 0.599. The van der Waals surface area contributed by atoms with E-state index in [2.05, 4.69) is 33.9 Å². The lowest BCUT2D eigenvalue weighted by Gasteiger charge is -2.15. The largest absolute Gasteiger partial charge is 0.324 e. The zero-order chi connectivity index (χ0) is 13.2. The number of hydrogen-bond donors (Lipinski definition) is 2. The summed E-state index contributed by atoms with van der Waals surface area (Å²) in [4.78, 5) is 11.8. The van der Waals surface area contributed by atoms with E-state index in [0.717, 1.165) is 0 Å². The highest BCUT2D eigenvalue weighted by Gasteiger charge is 2.19. The number of nitrogens with one attached hydrogen (secondary N) is 1. The summed E-state index contributed by atoms with van der Waals surface area (Å²) in [5.74, 6) is -0.0494. The molecule has 6 heteroatoms. The number of carbonyl (C=O) groups excluding carboxylic acids is 1. The molecule has 1 aromatic rings. The minimum absolute atomic E-state index is 0.142. The normalized spacial score (nSPS) is 12.6. The molecular formula is C11H12BrCl2NOS. The first-order valence-corrected chi connectivity index (χ1v) is 7.03. The summed E-state index contributed by atoms with van der Waals surface area (Å²) in [5, 5.41) is 3.02. The monoisotopic (exact) mass is 355 g/mol. The summed E-state index contributed by atoms with van der Waals surface area (Å²) in [7, 11) is 0. The molecule has 1 N–H and O–H groups in total. The van der Waals surface area contributed by atoms with Gasteiger partial charge in [-0.1, -0.05) is 37.0 Å². The number of anilines is 1. The fourth-order valence-electron chi connectivity index (χ4n) is 1.13. The van der Waals surface area contributed by atoms with E-state index in [-0.39, 0.29) is 17.1 Å². The van der Waals surface area contributed by atoms with Crippen LogP contribution in [0.25, 0.3) is 0 Å². The molecule has 1 aromatic carbocycles. The maximum Gasteiger partial charge on any atom is 0.237 e. The van der Waals surface area contributed by atoms with Crippen LogP contribution in [0.15, 0.2) is 16.6 Å². The lowest BCUT2D eigenvalue weighted by molar-refractivity contribution is -0.116. The molecular weight excluding hydrogens is 345 g/mol. The first-order valence-electron chi connectivity index (χ1n) is 4.97. The smallest absolute Gasteiger partial charge is 0.237 e. The van der Waals surface area contributed by atoms with Crippen molar-refractivity contribution >= 4 is 63.4 Å². The van der Waals surface area contributed by atoms with Gasteiger partial charge in [0.1, 0.15) is 0 Å². The molecule has 0 saturated carbocycles. The van der Waals surface area contributed by atoms with Gasteiger partial charge in [0.2, 0.25) is 5.91 Å². The molecule has 0 bridgehead atoms. The second kappa shape index (κ2) is 6.32. The molecule has 1 unspecified atom stereocenters. The van der Waals surface area contributed by atoms with E-state index in [1.54, 1.807) is 12.1 Å². The van der Waals surface area contributed by atoms with Crippen LogP contribution in [0, 0.1) is 5.92 Å². The van der Waals surface area contributed by atoms with Gasteiger partial charge < -0.3 is 5.32 Å². The third-order valence-corrected chi connectivity index (χ3v) is 4.79. The van der Waals surface area contributed by atoms with Gasteiger partial charge in [-0.15, -0.1) is 0 Å². The van der Waals surface area contributed by atoms with Crippen molar-refractivity contribution in [3.05, 3.63) is 26.7 Å². The maximum atomic E-state index is 11.8. The van der Waals surface area contributed by atoms with Crippen molar-refractivity contribution in [2.75, 3.05) is 5.32 Å². The summed E-state index contributed by atoms with van der Waals surface area (Å²) in [6, 6.07) is 3.42. The fraction of sp³-hybridized carbons (Fsp3) is 0.364. The van der Waals surface area contributed by atoms with Crippen LogP contribution >= 0.6 is 51.8 Å². The van der Waals surface area contributed by atoms with Crippen molar-refractivity contribution in [2.24, 2.45) is 5.92 Å². The van der Waals surface area contributed by atoms with Gasteiger partial charge in [-0.05, 0) is 34.0 Å². The Kier molecular flexibility index (Phi) is 5.64. The zero-order valence-corrected chi connectivity index (χ0v) is 13.3.